The fraction of sp³-hybridized carbons (Fsp3) is 0.632. The smallest absolute Gasteiger partial charge is 0.393 e. The number of alkyl halides is 3. The van der Waals surface area contributed by atoms with Crippen LogP contribution in [0.3, 0.4) is 0 Å². The van der Waals surface area contributed by atoms with Crippen molar-refractivity contribution in [3.05, 3.63) is 35.4 Å². The summed E-state index contributed by atoms with van der Waals surface area (Å²) in [5.74, 6) is 0.944. The van der Waals surface area contributed by atoms with Gasteiger partial charge in [0.05, 0.1) is 19.3 Å². The van der Waals surface area contributed by atoms with Gasteiger partial charge in [0.25, 0.3) is 0 Å². The van der Waals surface area contributed by atoms with Crippen LogP contribution in [0.1, 0.15) is 37.3 Å². The van der Waals surface area contributed by atoms with Crippen LogP contribution in [-0.2, 0) is 17.9 Å². The van der Waals surface area contributed by atoms with Gasteiger partial charge in [0.1, 0.15) is 6.61 Å². The molecule has 0 bridgehead atoms. The highest BCUT2D eigenvalue weighted by Crippen LogP contribution is 2.24. The maximum atomic E-state index is 12.1. The summed E-state index contributed by atoms with van der Waals surface area (Å²) in [7, 11) is 0. The molecule has 1 saturated carbocycles. The summed E-state index contributed by atoms with van der Waals surface area (Å²) in [5.41, 5.74) is 1.64. The van der Waals surface area contributed by atoms with Gasteiger partial charge in [0, 0.05) is 19.0 Å². The van der Waals surface area contributed by atoms with Crippen LogP contribution < -0.4 is 10.6 Å². The number of halogens is 4. The van der Waals surface area contributed by atoms with Crippen molar-refractivity contribution < 1.29 is 23.0 Å². The van der Waals surface area contributed by atoms with Gasteiger partial charge in [-0.25, -0.2) is 4.99 Å². The number of ether oxygens (including phenoxy) is 1. The fourth-order valence-electron chi connectivity index (χ4n) is 3.02. The van der Waals surface area contributed by atoms with Crippen LogP contribution in [-0.4, -0.2) is 43.0 Å². The second kappa shape index (κ2) is 12.5. The average molecular weight is 515 g/mol. The zero-order chi connectivity index (χ0) is 19.7. The second-order valence-corrected chi connectivity index (χ2v) is 6.76. The topological polar surface area (TPSA) is 65.9 Å². The first-order chi connectivity index (χ1) is 12.9. The lowest BCUT2D eigenvalue weighted by Crippen LogP contribution is -2.41. The van der Waals surface area contributed by atoms with Crippen molar-refractivity contribution in [1.82, 2.24) is 10.6 Å². The first kappa shape index (κ1) is 25.0. The Morgan fingerprint density at radius 3 is 2.43 bits per heavy atom. The van der Waals surface area contributed by atoms with Gasteiger partial charge in [0.15, 0.2) is 5.96 Å². The summed E-state index contributed by atoms with van der Waals surface area (Å²) < 4.78 is 40.9. The Kier molecular flexibility index (Phi) is 11.1. The van der Waals surface area contributed by atoms with E-state index in [1.54, 1.807) is 12.1 Å². The van der Waals surface area contributed by atoms with Crippen LogP contribution in [0.4, 0.5) is 13.2 Å². The molecule has 3 N–H and O–H groups in total. The molecule has 1 aliphatic carbocycles. The molecule has 1 fully saturated rings. The first-order valence-corrected chi connectivity index (χ1v) is 9.30. The normalized spacial score (nSPS) is 20.0. The molecule has 1 aromatic rings. The van der Waals surface area contributed by atoms with E-state index in [-0.39, 0.29) is 42.6 Å². The Morgan fingerprint density at radius 2 is 1.86 bits per heavy atom. The molecular formula is C19H29F3IN3O2. The van der Waals surface area contributed by atoms with Gasteiger partial charge in [-0.3, -0.25) is 0 Å². The fourth-order valence-corrected chi connectivity index (χ4v) is 3.02. The highest BCUT2D eigenvalue weighted by Gasteiger charge is 2.27. The number of nitrogens with zero attached hydrogens (tertiary/aromatic N) is 1. The number of aliphatic imine (C=N–C) groups is 1. The van der Waals surface area contributed by atoms with E-state index in [1.165, 1.54) is 0 Å². The highest BCUT2D eigenvalue weighted by atomic mass is 127. The van der Waals surface area contributed by atoms with Gasteiger partial charge >= 0.3 is 6.18 Å². The van der Waals surface area contributed by atoms with E-state index in [0.29, 0.717) is 24.6 Å². The molecule has 0 heterocycles. The Hall–Kier alpha value is -1.07. The lowest BCUT2D eigenvalue weighted by Gasteiger charge is -2.17. The molecule has 0 spiro atoms. The molecule has 9 heteroatoms. The standard InChI is InChI=1S/C19H28F3N3O2.HI/c1-2-23-18(25-11-16-4-3-5-17(16)26)24-10-14-6-8-15(9-7-14)12-27-13-19(20,21)22;/h6-9,16-17,26H,2-5,10-13H2,1H3,(H2,23,24,25);1H. The second-order valence-electron chi connectivity index (χ2n) is 6.76. The number of guanidine groups is 1. The molecule has 2 atom stereocenters. The molecule has 1 aliphatic rings. The highest BCUT2D eigenvalue weighted by molar-refractivity contribution is 14.0. The number of nitrogens with one attached hydrogen (secondary N) is 2. The number of aliphatic hydroxyl groups is 1. The molecule has 0 aliphatic heterocycles. The predicted molar refractivity (Wildman–Crippen MR) is 114 cm³/mol. The number of aliphatic hydroxyl groups excluding tert-OH is 1. The van der Waals surface area contributed by atoms with Gasteiger partial charge in [-0.2, -0.15) is 13.2 Å². The minimum Gasteiger partial charge on any atom is -0.393 e. The minimum atomic E-state index is -4.31. The third kappa shape index (κ3) is 9.42. The molecule has 0 radical (unpaired) electrons. The maximum absolute atomic E-state index is 12.1. The molecule has 0 aromatic heterocycles. The molecular weight excluding hydrogens is 486 g/mol. The quantitative estimate of drug-likeness (QED) is 0.281. The van der Waals surface area contributed by atoms with E-state index in [0.717, 1.165) is 31.4 Å². The van der Waals surface area contributed by atoms with E-state index in [1.807, 2.05) is 19.1 Å². The number of hydrogen-bond donors (Lipinski definition) is 3. The van der Waals surface area contributed by atoms with Crippen LogP contribution in [0, 0.1) is 5.92 Å². The minimum absolute atomic E-state index is 0. The van der Waals surface area contributed by atoms with Crippen molar-refractivity contribution in [2.24, 2.45) is 10.9 Å². The number of hydrogen-bond acceptors (Lipinski definition) is 3. The van der Waals surface area contributed by atoms with Gasteiger partial charge in [-0.15, -0.1) is 24.0 Å². The van der Waals surface area contributed by atoms with Crippen molar-refractivity contribution in [2.75, 3.05) is 19.7 Å². The summed E-state index contributed by atoms with van der Waals surface area (Å²) in [6.07, 6.45) is -1.61. The summed E-state index contributed by atoms with van der Waals surface area (Å²) in [6, 6.07) is 7.16. The summed E-state index contributed by atoms with van der Waals surface area (Å²) in [6.45, 7) is 2.53. The van der Waals surface area contributed by atoms with Crippen LogP contribution >= 0.6 is 24.0 Å². The Balaban J connectivity index is 0.00000392. The van der Waals surface area contributed by atoms with Gasteiger partial charge < -0.3 is 20.5 Å². The zero-order valence-corrected chi connectivity index (χ0v) is 18.3. The maximum Gasteiger partial charge on any atom is 0.411 e. The summed E-state index contributed by atoms with van der Waals surface area (Å²) in [5, 5.41) is 16.3. The van der Waals surface area contributed by atoms with Crippen LogP contribution in [0.2, 0.25) is 0 Å². The monoisotopic (exact) mass is 515 g/mol. The van der Waals surface area contributed by atoms with Crippen molar-refractivity contribution in [3.63, 3.8) is 0 Å². The first-order valence-electron chi connectivity index (χ1n) is 9.30. The average Bonchev–Trinajstić information content (AvgIpc) is 3.02. The molecule has 5 nitrogen and oxygen atoms in total. The van der Waals surface area contributed by atoms with Crippen LogP contribution in [0.5, 0.6) is 0 Å². The summed E-state index contributed by atoms with van der Waals surface area (Å²) >= 11 is 0. The zero-order valence-electron chi connectivity index (χ0n) is 16.0. The van der Waals surface area contributed by atoms with E-state index < -0.39 is 12.8 Å². The van der Waals surface area contributed by atoms with Crippen LogP contribution in [0.15, 0.2) is 29.3 Å². The van der Waals surface area contributed by atoms with E-state index in [4.69, 9.17) is 0 Å². The van der Waals surface area contributed by atoms with Gasteiger partial charge in [0.2, 0.25) is 0 Å². The van der Waals surface area contributed by atoms with Crippen LogP contribution in [0.25, 0.3) is 0 Å². The lowest BCUT2D eigenvalue weighted by atomic mass is 10.1. The summed E-state index contributed by atoms with van der Waals surface area (Å²) in [4.78, 5) is 4.53. The predicted octanol–water partition coefficient (Wildman–Crippen LogP) is 3.60. The van der Waals surface area contributed by atoms with Crippen molar-refractivity contribution in [3.8, 4) is 0 Å². The molecule has 0 saturated heterocycles. The molecule has 2 rings (SSSR count). The Labute approximate surface area is 181 Å². The van der Waals surface area contributed by atoms with Gasteiger partial charge in [-0.1, -0.05) is 30.7 Å². The Bertz CT molecular complexity index is 597. The van der Waals surface area contributed by atoms with E-state index in [2.05, 4.69) is 20.4 Å². The van der Waals surface area contributed by atoms with Crippen molar-refractivity contribution in [1.29, 1.82) is 0 Å². The lowest BCUT2D eigenvalue weighted by molar-refractivity contribution is -0.176. The third-order valence-corrected chi connectivity index (χ3v) is 4.47. The Morgan fingerprint density at radius 1 is 1.18 bits per heavy atom. The molecule has 2 unspecified atom stereocenters. The van der Waals surface area contributed by atoms with Gasteiger partial charge in [-0.05, 0) is 30.9 Å². The molecule has 28 heavy (non-hydrogen) atoms. The SMILES string of the molecule is CCNC(=NCc1ccc(COCC(F)(F)F)cc1)NCC1CCCC1O.I. The number of benzene rings is 1. The number of rotatable bonds is 8. The van der Waals surface area contributed by atoms with E-state index in [9.17, 15) is 18.3 Å². The van der Waals surface area contributed by atoms with Crippen molar-refractivity contribution in [2.45, 2.75) is 51.6 Å². The van der Waals surface area contributed by atoms with Crippen molar-refractivity contribution >= 4 is 29.9 Å². The molecule has 1 aromatic carbocycles. The molecule has 0 amide bonds. The molecule has 160 valence electrons. The van der Waals surface area contributed by atoms with E-state index >= 15 is 0 Å². The third-order valence-electron chi connectivity index (χ3n) is 4.47. The largest absolute Gasteiger partial charge is 0.411 e.